The second-order valence-electron chi connectivity index (χ2n) is 7.79. The van der Waals surface area contributed by atoms with Crippen molar-refractivity contribution in [3.63, 3.8) is 0 Å². The van der Waals surface area contributed by atoms with Gasteiger partial charge < -0.3 is 35.0 Å². The molecule has 1 aliphatic heterocycles. The molecule has 134 valence electrons. The Morgan fingerprint density at radius 1 is 1.09 bits per heavy atom. The highest BCUT2D eigenvalue weighted by atomic mass is 16.7. The van der Waals surface area contributed by atoms with Crippen molar-refractivity contribution in [2.75, 3.05) is 13.2 Å². The van der Waals surface area contributed by atoms with E-state index in [-0.39, 0.29) is 23.5 Å². The lowest BCUT2D eigenvalue weighted by Crippen LogP contribution is -2.60. The van der Waals surface area contributed by atoms with Crippen LogP contribution in [0, 0.1) is 16.7 Å². The summed E-state index contributed by atoms with van der Waals surface area (Å²) >= 11 is 0. The van der Waals surface area contributed by atoms with Crippen molar-refractivity contribution in [2.45, 2.75) is 69.9 Å². The fraction of sp³-hybridized carbons (Fsp3) is 1.00. The Morgan fingerprint density at radius 3 is 2.35 bits per heavy atom. The van der Waals surface area contributed by atoms with Gasteiger partial charge in [0.05, 0.1) is 12.7 Å². The van der Waals surface area contributed by atoms with Gasteiger partial charge in [0, 0.05) is 17.4 Å². The average Bonchev–Trinajstić information content (AvgIpc) is 2.91. The number of fused-ring (bicyclic) bond motifs is 2. The molecule has 1 heterocycles. The molecule has 2 aliphatic carbocycles. The molecule has 9 atom stereocenters. The summed E-state index contributed by atoms with van der Waals surface area (Å²) in [4.78, 5) is 0. The molecule has 0 unspecified atom stereocenters. The summed E-state index contributed by atoms with van der Waals surface area (Å²) in [6, 6.07) is 0. The zero-order valence-electron chi connectivity index (χ0n) is 13.6. The Bertz CT molecular complexity index is 444. The Hall–Kier alpha value is -0.280. The Labute approximate surface area is 135 Å². The summed E-state index contributed by atoms with van der Waals surface area (Å²) in [5, 5.41) is 49.0. The molecule has 3 aliphatic rings. The number of hydrogen-bond acceptors (Lipinski definition) is 7. The van der Waals surface area contributed by atoms with E-state index in [0.29, 0.717) is 5.92 Å². The highest BCUT2D eigenvalue weighted by Crippen LogP contribution is 2.66. The van der Waals surface area contributed by atoms with Crippen LogP contribution >= 0.6 is 0 Å². The highest BCUT2D eigenvalue weighted by molar-refractivity contribution is 5.13. The zero-order chi connectivity index (χ0) is 17.0. The molecule has 0 amide bonds. The molecule has 0 radical (unpaired) electrons. The lowest BCUT2D eigenvalue weighted by atomic mass is 9.69. The van der Waals surface area contributed by atoms with Crippen LogP contribution in [-0.2, 0) is 9.47 Å². The molecule has 5 N–H and O–H groups in total. The second-order valence-corrected chi connectivity index (χ2v) is 7.79. The maximum absolute atomic E-state index is 10.1. The number of ether oxygens (including phenoxy) is 2. The van der Waals surface area contributed by atoms with E-state index in [1.54, 1.807) is 0 Å². The normalized spacial score (nSPS) is 56.2. The minimum Gasteiger partial charge on any atom is -0.396 e. The van der Waals surface area contributed by atoms with Gasteiger partial charge in [-0.25, -0.2) is 0 Å². The van der Waals surface area contributed by atoms with Gasteiger partial charge in [0.25, 0.3) is 0 Å². The summed E-state index contributed by atoms with van der Waals surface area (Å²) in [7, 11) is 0. The quantitative estimate of drug-likeness (QED) is 0.447. The standard InChI is InChI=1S/C16H28O7/c1-15-4-3-8(16(15,2)7-18)5-10(15)23-14-13(21)12(20)11(19)9(6-17)22-14/h8-14,17-21H,3-7H2,1-2H3/t8-,9+,10+,11+,12-,13+,14-,15+,16+/m0/s1. The average molecular weight is 332 g/mol. The molecule has 2 saturated carbocycles. The molecule has 1 saturated heterocycles. The number of hydrogen-bond donors (Lipinski definition) is 5. The third-order valence-electron chi connectivity index (χ3n) is 6.90. The molecule has 0 spiro atoms. The molecule has 3 fully saturated rings. The van der Waals surface area contributed by atoms with E-state index in [1.165, 1.54) is 0 Å². The summed E-state index contributed by atoms with van der Waals surface area (Å²) in [6.45, 7) is 3.78. The van der Waals surface area contributed by atoms with Crippen molar-refractivity contribution in [3.05, 3.63) is 0 Å². The van der Waals surface area contributed by atoms with Crippen molar-refractivity contribution in [1.29, 1.82) is 0 Å². The fourth-order valence-electron chi connectivity index (χ4n) is 4.83. The summed E-state index contributed by atoms with van der Waals surface area (Å²) in [5.41, 5.74) is -0.461. The maximum atomic E-state index is 10.1. The molecule has 2 bridgehead atoms. The van der Waals surface area contributed by atoms with Crippen molar-refractivity contribution < 1.29 is 35.0 Å². The predicted octanol–water partition coefficient (Wildman–Crippen LogP) is -1.01. The van der Waals surface area contributed by atoms with E-state index in [0.717, 1.165) is 19.3 Å². The first-order valence-corrected chi connectivity index (χ1v) is 8.35. The van der Waals surface area contributed by atoms with Gasteiger partial charge in [-0.3, -0.25) is 0 Å². The Kier molecular flexibility index (Phi) is 4.51. The van der Waals surface area contributed by atoms with E-state index < -0.39 is 37.3 Å². The first kappa shape index (κ1) is 17.5. The van der Waals surface area contributed by atoms with Crippen molar-refractivity contribution in [1.82, 2.24) is 0 Å². The van der Waals surface area contributed by atoms with Gasteiger partial charge >= 0.3 is 0 Å². The Morgan fingerprint density at radius 2 is 1.78 bits per heavy atom. The van der Waals surface area contributed by atoms with E-state index in [1.807, 2.05) is 0 Å². The van der Waals surface area contributed by atoms with Crippen molar-refractivity contribution in [3.8, 4) is 0 Å². The van der Waals surface area contributed by atoms with Gasteiger partial charge in [-0.15, -0.1) is 0 Å². The van der Waals surface area contributed by atoms with Crippen molar-refractivity contribution >= 4 is 0 Å². The van der Waals surface area contributed by atoms with Crippen LogP contribution in [0.5, 0.6) is 0 Å². The lowest BCUT2D eigenvalue weighted by molar-refractivity contribution is -0.319. The molecule has 0 aromatic rings. The monoisotopic (exact) mass is 332 g/mol. The zero-order valence-corrected chi connectivity index (χ0v) is 13.6. The van der Waals surface area contributed by atoms with E-state index in [4.69, 9.17) is 9.47 Å². The molecule has 7 nitrogen and oxygen atoms in total. The predicted molar refractivity (Wildman–Crippen MR) is 79.3 cm³/mol. The number of rotatable bonds is 4. The first-order chi connectivity index (χ1) is 10.8. The Balaban J connectivity index is 1.75. The summed E-state index contributed by atoms with van der Waals surface area (Å²) in [5.74, 6) is 0.354. The first-order valence-electron chi connectivity index (χ1n) is 8.35. The van der Waals surface area contributed by atoms with Crippen LogP contribution in [-0.4, -0.2) is 75.6 Å². The van der Waals surface area contributed by atoms with Crippen LogP contribution in [0.1, 0.15) is 33.1 Å². The second kappa shape index (κ2) is 5.91. The SMILES string of the molecule is C[C@@]1(CO)[C@H]2CC[C@]1(C)[C@H](O[C@@H]1O[C@H](CO)[C@@H](O)[C@H](O)[C@H]1O)C2. The van der Waals surface area contributed by atoms with Crippen LogP contribution in [0.3, 0.4) is 0 Å². The van der Waals surface area contributed by atoms with Crippen LogP contribution in [0.2, 0.25) is 0 Å². The molecule has 7 heteroatoms. The molecular weight excluding hydrogens is 304 g/mol. The van der Waals surface area contributed by atoms with E-state index in [9.17, 15) is 25.5 Å². The highest BCUT2D eigenvalue weighted by Gasteiger charge is 2.65. The van der Waals surface area contributed by atoms with Gasteiger partial charge in [0.1, 0.15) is 24.4 Å². The molecule has 0 aromatic carbocycles. The molecule has 23 heavy (non-hydrogen) atoms. The van der Waals surface area contributed by atoms with Crippen LogP contribution in [0.4, 0.5) is 0 Å². The third-order valence-corrected chi connectivity index (χ3v) is 6.90. The van der Waals surface area contributed by atoms with Gasteiger partial charge in [0.15, 0.2) is 6.29 Å². The van der Waals surface area contributed by atoms with Gasteiger partial charge in [-0.05, 0) is 25.2 Å². The van der Waals surface area contributed by atoms with Gasteiger partial charge in [-0.1, -0.05) is 13.8 Å². The van der Waals surface area contributed by atoms with Crippen LogP contribution in [0.25, 0.3) is 0 Å². The fourth-order valence-corrected chi connectivity index (χ4v) is 4.83. The van der Waals surface area contributed by atoms with Crippen molar-refractivity contribution in [2.24, 2.45) is 16.7 Å². The summed E-state index contributed by atoms with van der Waals surface area (Å²) < 4.78 is 11.4. The van der Waals surface area contributed by atoms with E-state index >= 15 is 0 Å². The van der Waals surface area contributed by atoms with Gasteiger partial charge in [0.2, 0.25) is 0 Å². The summed E-state index contributed by atoms with van der Waals surface area (Å²) in [6.07, 6.45) is -3.73. The molecular formula is C16H28O7. The lowest BCUT2D eigenvalue weighted by Gasteiger charge is -2.45. The maximum Gasteiger partial charge on any atom is 0.186 e. The van der Waals surface area contributed by atoms with Crippen LogP contribution in [0.15, 0.2) is 0 Å². The minimum atomic E-state index is -1.43. The number of aliphatic hydroxyl groups is 5. The van der Waals surface area contributed by atoms with E-state index in [2.05, 4.69) is 13.8 Å². The third kappa shape index (κ3) is 2.37. The molecule has 3 rings (SSSR count). The molecule has 0 aromatic heterocycles. The largest absolute Gasteiger partial charge is 0.396 e. The van der Waals surface area contributed by atoms with Crippen LogP contribution < -0.4 is 0 Å². The smallest absolute Gasteiger partial charge is 0.186 e. The van der Waals surface area contributed by atoms with Gasteiger partial charge in [-0.2, -0.15) is 0 Å². The number of aliphatic hydroxyl groups excluding tert-OH is 5. The topological polar surface area (TPSA) is 120 Å². The minimum absolute atomic E-state index is 0.0860.